The molecule has 208 valence electrons. The molecule has 3 aromatic carbocycles. The van der Waals surface area contributed by atoms with E-state index in [4.69, 9.17) is 26.7 Å². The van der Waals surface area contributed by atoms with E-state index in [9.17, 15) is 14.4 Å². The van der Waals surface area contributed by atoms with Crippen LogP contribution in [-0.4, -0.2) is 16.1 Å². The average molecular weight is 569 g/mol. The van der Waals surface area contributed by atoms with Crippen LogP contribution in [0, 0.1) is 30.0 Å². The van der Waals surface area contributed by atoms with Crippen LogP contribution in [0.25, 0.3) is 22.4 Å². The highest BCUT2D eigenvalue weighted by Gasteiger charge is 2.30. The van der Waals surface area contributed by atoms with Crippen LogP contribution < -0.4 is 11.2 Å². The summed E-state index contributed by atoms with van der Waals surface area (Å²) < 4.78 is 23.2. The molecule has 0 saturated heterocycles. The number of hydrogen-bond acceptors (Lipinski definition) is 5. The van der Waals surface area contributed by atoms with Gasteiger partial charge >= 0.3 is 0 Å². The summed E-state index contributed by atoms with van der Waals surface area (Å²) in [6.07, 6.45) is 2.70. The zero-order valence-electron chi connectivity index (χ0n) is 23.1. The summed E-state index contributed by atoms with van der Waals surface area (Å²) in [7, 11) is 0. The molecule has 8 heteroatoms. The number of rotatable bonds is 8. The third-order valence-electron chi connectivity index (χ3n) is 7.23. The summed E-state index contributed by atoms with van der Waals surface area (Å²) >= 11 is 6.30. The summed E-state index contributed by atoms with van der Waals surface area (Å²) in [6.45, 7) is 6.18. The van der Waals surface area contributed by atoms with Crippen molar-refractivity contribution in [2.45, 2.75) is 39.7 Å². The molecule has 5 aromatic rings. The van der Waals surface area contributed by atoms with Gasteiger partial charge in [0.15, 0.2) is 5.43 Å². The summed E-state index contributed by atoms with van der Waals surface area (Å²) in [4.78, 5) is 18.9. The van der Waals surface area contributed by atoms with Crippen LogP contribution in [0.1, 0.15) is 53.6 Å². The van der Waals surface area contributed by atoms with Gasteiger partial charge in [0.1, 0.15) is 23.0 Å². The minimum atomic E-state index is -0.474. The molecule has 2 N–H and O–H groups in total. The van der Waals surface area contributed by atoms with Crippen molar-refractivity contribution in [3.63, 3.8) is 0 Å². The van der Waals surface area contributed by atoms with Gasteiger partial charge in [0.2, 0.25) is 0 Å². The Balaban J connectivity index is 1.79. The predicted molar refractivity (Wildman–Crippen MR) is 160 cm³/mol. The van der Waals surface area contributed by atoms with E-state index in [1.54, 1.807) is 49.4 Å². The monoisotopic (exact) mass is 568 g/mol. The van der Waals surface area contributed by atoms with E-state index in [2.05, 4.69) is 6.07 Å². The molecule has 2 heterocycles. The van der Waals surface area contributed by atoms with Gasteiger partial charge in [0, 0.05) is 41.3 Å². The first-order valence-electron chi connectivity index (χ1n) is 13.5. The Morgan fingerprint density at radius 3 is 2.66 bits per heavy atom. The Kier molecular flexibility index (Phi) is 8.07. The largest absolute Gasteiger partial charge is 0.458 e. The number of imidazole rings is 1. The summed E-state index contributed by atoms with van der Waals surface area (Å²) in [5.41, 5.74) is 9.77. The number of hydrogen-bond donors (Lipinski definition) is 1. The molecular formula is C33H30ClFN4O2. The molecule has 41 heavy (non-hydrogen) atoms. The maximum Gasteiger partial charge on any atom is 0.196 e. The van der Waals surface area contributed by atoms with Gasteiger partial charge in [0.05, 0.1) is 28.8 Å². The Morgan fingerprint density at radius 1 is 1.15 bits per heavy atom. The van der Waals surface area contributed by atoms with Crippen LogP contribution in [0.4, 0.5) is 4.39 Å². The topological polar surface area (TPSA) is 97.8 Å². The second-order valence-corrected chi connectivity index (χ2v) is 11.0. The third-order valence-corrected chi connectivity index (χ3v) is 7.46. The highest BCUT2D eigenvalue weighted by molar-refractivity contribution is 6.31. The Bertz CT molecular complexity index is 1850. The fraction of sp³-hybridized carbons (Fsp3) is 0.242. The molecule has 0 aliphatic carbocycles. The maximum absolute atomic E-state index is 14.7. The number of fused-ring (bicyclic) bond motifs is 1. The SMILES string of the molecule is Cc1ccc(-c2nc(CCN)cn2C(c2oc3cc(Cl)ccc3c(=O)c2Cc2cccc(C#N)c2)C(C)C)cc1F. The van der Waals surface area contributed by atoms with Gasteiger partial charge < -0.3 is 14.7 Å². The van der Waals surface area contributed by atoms with Gasteiger partial charge in [-0.05, 0) is 60.8 Å². The van der Waals surface area contributed by atoms with Crippen molar-refractivity contribution in [2.24, 2.45) is 11.7 Å². The Labute approximate surface area is 242 Å². The molecular weight excluding hydrogens is 539 g/mol. The standard InChI is InChI=1S/C33H30ClFN4O2/c1-19(2)30(39-18-25(11-12-36)38-33(39)23-8-7-20(3)28(35)15-23)32-27(14-21-5-4-6-22(13-21)17-37)31(40)26-10-9-24(34)16-29(26)41-32/h4-10,13,15-16,18-19,30H,11-12,14,36H2,1-3H3. The minimum Gasteiger partial charge on any atom is -0.458 e. The van der Waals surface area contributed by atoms with Gasteiger partial charge in [-0.2, -0.15) is 5.26 Å². The van der Waals surface area contributed by atoms with Gasteiger partial charge in [-0.15, -0.1) is 0 Å². The van der Waals surface area contributed by atoms with Crippen LogP contribution in [0.15, 0.2) is 76.1 Å². The van der Waals surface area contributed by atoms with E-state index < -0.39 is 6.04 Å². The van der Waals surface area contributed by atoms with E-state index in [-0.39, 0.29) is 23.6 Å². The van der Waals surface area contributed by atoms with Gasteiger partial charge in [-0.25, -0.2) is 9.37 Å². The number of aryl methyl sites for hydroxylation is 1. The van der Waals surface area contributed by atoms with Crippen LogP contribution in [0.5, 0.6) is 0 Å². The molecule has 0 aliphatic heterocycles. The van der Waals surface area contributed by atoms with Crippen molar-refractivity contribution < 1.29 is 8.81 Å². The second kappa shape index (κ2) is 11.7. The number of nitriles is 1. The fourth-order valence-electron chi connectivity index (χ4n) is 5.20. The first kappa shape index (κ1) is 28.3. The van der Waals surface area contributed by atoms with Crippen molar-refractivity contribution in [1.29, 1.82) is 5.26 Å². The molecule has 6 nitrogen and oxygen atoms in total. The first-order chi connectivity index (χ1) is 19.7. The van der Waals surface area contributed by atoms with Crippen LogP contribution in [0.3, 0.4) is 0 Å². The summed E-state index contributed by atoms with van der Waals surface area (Å²) in [5, 5.41) is 10.3. The average Bonchev–Trinajstić information content (AvgIpc) is 3.35. The van der Waals surface area contributed by atoms with Gasteiger partial charge in [0.25, 0.3) is 0 Å². The van der Waals surface area contributed by atoms with Crippen molar-refractivity contribution in [2.75, 3.05) is 6.54 Å². The van der Waals surface area contributed by atoms with Crippen molar-refractivity contribution in [1.82, 2.24) is 9.55 Å². The lowest BCUT2D eigenvalue weighted by molar-refractivity contribution is 0.359. The molecule has 0 saturated carbocycles. The first-order valence-corrected chi connectivity index (χ1v) is 13.9. The molecule has 0 spiro atoms. The normalized spacial score (nSPS) is 12.1. The van der Waals surface area contributed by atoms with Gasteiger partial charge in [-0.3, -0.25) is 4.79 Å². The predicted octanol–water partition coefficient (Wildman–Crippen LogP) is 6.97. The molecule has 0 fully saturated rings. The molecule has 0 amide bonds. The molecule has 5 rings (SSSR count). The summed E-state index contributed by atoms with van der Waals surface area (Å²) in [5.74, 6) is 0.626. The zero-order chi connectivity index (χ0) is 29.3. The minimum absolute atomic E-state index is 0.0621. The fourth-order valence-corrected chi connectivity index (χ4v) is 5.37. The van der Waals surface area contributed by atoms with Gasteiger partial charge in [-0.1, -0.05) is 49.7 Å². The summed E-state index contributed by atoms with van der Waals surface area (Å²) in [6, 6.07) is 18.9. The molecule has 0 radical (unpaired) electrons. The van der Waals surface area contributed by atoms with Crippen LogP contribution in [0.2, 0.25) is 5.02 Å². The lowest BCUT2D eigenvalue weighted by Gasteiger charge is -2.26. The van der Waals surface area contributed by atoms with E-state index in [1.807, 2.05) is 36.7 Å². The Hall–Kier alpha value is -4.25. The lowest BCUT2D eigenvalue weighted by atomic mass is 9.92. The number of nitrogens with two attached hydrogens (primary N) is 1. The van der Waals surface area contributed by atoms with E-state index >= 15 is 0 Å². The quantitative estimate of drug-likeness (QED) is 0.218. The van der Waals surface area contributed by atoms with Crippen LogP contribution >= 0.6 is 11.6 Å². The number of benzene rings is 3. The van der Waals surface area contributed by atoms with Crippen molar-refractivity contribution >= 4 is 22.6 Å². The van der Waals surface area contributed by atoms with Crippen molar-refractivity contribution in [3.8, 4) is 17.5 Å². The van der Waals surface area contributed by atoms with E-state index in [0.29, 0.717) is 62.8 Å². The highest BCUT2D eigenvalue weighted by Crippen LogP contribution is 2.36. The van der Waals surface area contributed by atoms with Crippen molar-refractivity contribution in [3.05, 3.63) is 122 Å². The molecule has 1 unspecified atom stereocenters. The molecule has 2 aromatic heterocycles. The van der Waals surface area contributed by atoms with E-state index in [1.165, 1.54) is 6.07 Å². The highest BCUT2D eigenvalue weighted by atomic mass is 35.5. The lowest BCUT2D eigenvalue weighted by Crippen LogP contribution is -2.23. The number of aromatic nitrogens is 2. The zero-order valence-corrected chi connectivity index (χ0v) is 23.9. The third kappa shape index (κ3) is 5.67. The smallest absolute Gasteiger partial charge is 0.196 e. The molecule has 1 atom stereocenters. The number of nitrogens with zero attached hydrogens (tertiary/aromatic N) is 3. The molecule has 0 bridgehead atoms. The van der Waals surface area contributed by atoms with E-state index in [0.717, 1.165) is 11.3 Å². The van der Waals surface area contributed by atoms with Crippen LogP contribution in [-0.2, 0) is 12.8 Å². The maximum atomic E-state index is 14.7. The Morgan fingerprint density at radius 2 is 1.95 bits per heavy atom. The number of halogens is 2. The molecule has 0 aliphatic rings. The second-order valence-electron chi connectivity index (χ2n) is 10.6.